The molecule has 24 heavy (non-hydrogen) atoms. The van der Waals surface area contributed by atoms with Crippen LogP contribution in [0, 0.1) is 13.8 Å². The molecule has 0 atom stereocenters. The molecule has 0 radical (unpaired) electrons. The third-order valence-corrected chi connectivity index (χ3v) is 5.16. The van der Waals surface area contributed by atoms with Crippen molar-refractivity contribution >= 4 is 23.3 Å². The molecule has 1 saturated heterocycles. The van der Waals surface area contributed by atoms with Gasteiger partial charge >= 0.3 is 0 Å². The molecule has 1 aromatic heterocycles. The normalized spacial score (nSPS) is 16.0. The molecule has 0 N–H and O–H groups in total. The lowest BCUT2D eigenvalue weighted by Crippen LogP contribution is -2.47. The van der Waals surface area contributed by atoms with Crippen LogP contribution >= 0.6 is 11.3 Å². The average Bonchev–Trinajstić information content (AvgIpc) is 3.01. The van der Waals surface area contributed by atoms with E-state index in [4.69, 9.17) is 0 Å². The second-order valence-electron chi connectivity index (χ2n) is 6.15. The van der Waals surface area contributed by atoms with Gasteiger partial charge in [-0.25, -0.2) is 4.98 Å². The number of rotatable bonds is 4. The third kappa shape index (κ3) is 4.30. The van der Waals surface area contributed by atoms with Crippen molar-refractivity contribution in [1.82, 2.24) is 14.8 Å². The molecule has 2 aromatic rings. The van der Waals surface area contributed by atoms with Gasteiger partial charge in [0, 0.05) is 44.2 Å². The predicted octanol–water partition coefficient (Wildman–Crippen LogP) is 3.12. The first-order valence-electron chi connectivity index (χ1n) is 8.28. The Hall–Kier alpha value is -1.98. The van der Waals surface area contributed by atoms with Gasteiger partial charge in [-0.2, -0.15) is 0 Å². The van der Waals surface area contributed by atoms with E-state index in [1.54, 1.807) is 17.4 Å². The van der Waals surface area contributed by atoms with E-state index in [0.29, 0.717) is 0 Å². The minimum atomic E-state index is 0.0798. The Kier molecular flexibility index (Phi) is 5.43. The van der Waals surface area contributed by atoms with Gasteiger partial charge in [0.15, 0.2) is 0 Å². The molecule has 0 saturated carbocycles. The van der Waals surface area contributed by atoms with Gasteiger partial charge in [0.2, 0.25) is 5.91 Å². The molecule has 1 amide bonds. The molecule has 126 valence electrons. The number of piperazine rings is 1. The lowest BCUT2D eigenvalue weighted by atomic mass is 10.1. The largest absolute Gasteiger partial charge is 0.337 e. The molecule has 4 nitrogen and oxygen atoms in total. The maximum Gasteiger partial charge on any atom is 0.246 e. The van der Waals surface area contributed by atoms with Crippen LogP contribution in [0.2, 0.25) is 0 Å². The van der Waals surface area contributed by atoms with Gasteiger partial charge in [-0.05, 0) is 31.1 Å². The second kappa shape index (κ2) is 7.73. The van der Waals surface area contributed by atoms with Gasteiger partial charge < -0.3 is 4.90 Å². The molecule has 3 rings (SSSR count). The highest BCUT2D eigenvalue weighted by Crippen LogP contribution is 2.13. The molecule has 2 heterocycles. The summed E-state index contributed by atoms with van der Waals surface area (Å²) < 4.78 is 0. The minimum absolute atomic E-state index is 0.0798. The van der Waals surface area contributed by atoms with Crippen LogP contribution in [0.4, 0.5) is 0 Å². The lowest BCUT2D eigenvalue weighted by Gasteiger charge is -2.34. The zero-order chi connectivity index (χ0) is 16.9. The highest BCUT2D eigenvalue weighted by atomic mass is 32.1. The molecule has 5 heteroatoms. The van der Waals surface area contributed by atoms with Crippen LogP contribution < -0.4 is 0 Å². The van der Waals surface area contributed by atoms with E-state index in [2.05, 4.69) is 41.1 Å². The van der Waals surface area contributed by atoms with Crippen LogP contribution in [-0.4, -0.2) is 46.9 Å². The molecular weight excluding hydrogens is 318 g/mol. The summed E-state index contributed by atoms with van der Waals surface area (Å²) in [6, 6.07) is 8.50. The number of carbonyl (C=O) groups excluding carboxylic acids is 1. The minimum Gasteiger partial charge on any atom is -0.337 e. The van der Waals surface area contributed by atoms with Gasteiger partial charge in [-0.15, -0.1) is 11.3 Å². The first-order chi connectivity index (χ1) is 11.6. The van der Waals surface area contributed by atoms with E-state index in [1.165, 1.54) is 11.1 Å². The maximum atomic E-state index is 12.3. The van der Waals surface area contributed by atoms with Crippen LogP contribution in [0.3, 0.4) is 0 Å². The number of nitrogens with zero attached hydrogens (tertiary/aromatic N) is 3. The molecule has 0 aliphatic carbocycles. The van der Waals surface area contributed by atoms with E-state index in [9.17, 15) is 4.79 Å². The number of thiazole rings is 1. The summed E-state index contributed by atoms with van der Waals surface area (Å²) in [5.41, 5.74) is 3.57. The molecule has 1 aliphatic rings. The quantitative estimate of drug-likeness (QED) is 0.802. The van der Waals surface area contributed by atoms with Crippen LogP contribution in [0.1, 0.15) is 21.8 Å². The van der Waals surface area contributed by atoms with Crippen molar-refractivity contribution in [2.24, 2.45) is 0 Å². The summed E-state index contributed by atoms with van der Waals surface area (Å²) in [5, 5.41) is 2.99. The Morgan fingerprint density at radius 1 is 1.21 bits per heavy atom. The van der Waals surface area contributed by atoms with Gasteiger partial charge in [0.25, 0.3) is 0 Å². The average molecular weight is 341 g/mol. The molecule has 1 aliphatic heterocycles. The fourth-order valence-electron chi connectivity index (χ4n) is 2.87. The summed E-state index contributed by atoms with van der Waals surface area (Å²) in [5.74, 6) is 0.0798. The fourth-order valence-corrected chi connectivity index (χ4v) is 3.45. The van der Waals surface area contributed by atoms with Crippen molar-refractivity contribution in [1.29, 1.82) is 0 Å². The highest BCUT2D eigenvalue weighted by Gasteiger charge is 2.19. The lowest BCUT2D eigenvalue weighted by molar-refractivity contribution is -0.127. The number of carbonyl (C=O) groups is 1. The van der Waals surface area contributed by atoms with E-state index >= 15 is 0 Å². The Morgan fingerprint density at radius 2 is 1.96 bits per heavy atom. The molecular formula is C19H23N3OS. The van der Waals surface area contributed by atoms with Crippen molar-refractivity contribution in [3.05, 3.63) is 57.6 Å². The zero-order valence-corrected chi connectivity index (χ0v) is 15.1. The van der Waals surface area contributed by atoms with Crippen LogP contribution in [0.25, 0.3) is 6.08 Å². The third-order valence-electron chi connectivity index (χ3n) is 4.37. The Morgan fingerprint density at radius 3 is 2.62 bits per heavy atom. The van der Waals surface area contributed by atoms with Crippen LogP contribution in [0.5, 0.6) is 0 Å². The molecule has 0 bridgehead atoms. The van der Waals surface area contributed by atoms with Gasteiger partial charge in [0.1, 0.15) is 0 Å². The van der Waals surface area contributed by atoms with Crippen LogP contribution in [-0.2, 0) is 11.3 Å². The summed E-state index contributed by atoms with van der Waals surface area (Å²) in [6.07, 6.45) is 3.46. The molecule has 0 unspecified atom stereocenters. The van der Waals surface area contributed by atoms with E-state index in [1.807, 2.05) is 23.3 Å². The number of aryl methyl sites for hydroxylation is 2. The Bertz CT molecular complexity index is 730. The summed E-state index contributed by atoms with van der Waals surface area (Å²) in [7, 11) is 0. The summed E-state index contributed by atoms with van der Waals surface area (Å²) in [6.45, 7) is 8.49. The molecule has 1 fully saturated rings. The smallest absolute Gasteiger partial charge is 0.246 e. The maximum absolute atomic E-state index is 12.3. The first-order valence-corrected chi connectivity index (χ1v) is 9.16. The number of hydrogen-bond acceptors (Lipinski definition) is 4. The number of amides is 1. The number of benzene rings is 1. The monoisotopic (exact) mass is 341 g/mol. The highest BCUT2D eigenvalue weighted by molar-refractivity contribution is 7.09. The molecule has 0 spiro atoms. The van der Waals surface area contributed by atoms with E-state index < -0.39 is 0 Å². The summed E-state index contributed by atoms with van der Waals surface area (Å²) in [4.78, 5) is 21.0. The second-order valence-corrected chi connectivity index (χ2v) is 7.21. The Labute approximate surface area is 147 Å². The van der Waals surface area contributed by atoms with E-state index in [-0.39, 0.29) is 5.91 Å². The van der Waals surface area contributed by atoms with Crippen molar-refractivity contribution in [2.75, 3.05) is 26.2 Å². The van der Waals surface area contributed by atoms with Gasteiger partial charge in [-0.1, -0.05) is 24.3 Å². The number of hydrogen-bond donors (Lipinski definition) is 0. The predicted molar refractivity (Wildman–Crippen MR) is 98.9 cm³/mol. The first kappa shape index (κ1) is 16.9. The molecule has 1 aromatic carbocycles. The van der Waals surface area contributed by atoms with Crippen molar-refractivity contribution in [2.45, 2.75) is 20.4 Å². The van der Waals surface area contributed by atoms with Gasteiger partial charge in [0.05, 0.1) is 10.7 Å². The standard InChI is InChI=1S/C19H23N3OS/c1-15-5-3-4-6-17(15)13-21-9-11-22(12-10-21)19(23)8-7-18-14-24-16(2)20-18/h3-8,14H,9-13H2,1-2H3/b8-7+. The summed E-state index contributed by atoms with van der Waals surface area (Å²) >= 11 is 1.60. The van der Waals surface area contributed by atoms with Crippen molar-refractivity contribution in [3.8, 4) is 0 Å². The fraction of sp³-hybridized carbons (Fsp3) is 0.368. The van der Waals surface area contributed by atoms with Gasteiger partial charge in [-0.3, -0.25) is 9.69 Å². The van der Waals surface area contributed by atoms with Crippen molar-refractivity contribution < 1.29 is 4.79 Å². The topological polar surface area (TPSA) is 36.4 Å². The Balaban J connectivity index is 1.50. The zero-order valence-electron chi connectivity index (χ0n) is 14.2. The van der Waals surface area contributed by atoms with E-state index in [0.717, 1.165) is 43.4 Å². The van der Waals surface area contributed by atoms with Crippen LogP contribution in [0.15, 0.2) is 35.7 Å². The number of aromatic nitrogens is 1. The van der Waals surface area contributed by atoms with Crippen molar-refractivity contribution in [3.63, 3.8) is 0 Å². The SMILES string of the molecule is Cc1nc(/C=C/C(=O)N2CCN(Cc3ccccc3C)CC2)cs1.